The van der Waals surface area contributed by atoms with Crippen molar-refractivity contribution < 1.29 is 4.39 Å². The molecule has 0 aliphatic heterocycles. The Hall–Kier alpha value is -0.640. The molecule has 1 fully saturated rings. The van der Waals surface area contributed by atoms with Gasteiger partial charge in [-0.05, 0) is 36.5 Å². The molecule has 1 atom stereocenters. The Morgan fingerprint density at radius 1 is 1.50 bits per heavy atom. The molecule has 4 heteroatoms. The van der Waals surface area contributed by atoms with Gasteiger partial charge in [0.25, 0.3) is 0 Å². The van der Waals surface area contributed by atoms with Crippen LogP contribution in [0, 0.1) is 11.7 Å². The average Bonchev–Trinajstić information content (AvgIpc) is 3.06. The second-order valence-electron chi connectivity index (χ2n) is 4.50. The van der Waals surface area contributed by atoms with Gasteiger partial charge in [-0.3, -0.25) is 11.3 Å². The van der Waals surface area contributed by atoms with Crippen molar-refractivity contribution >= 4 is 11.6 Å². The summed E-state index contributed by atoms with van der Waals surface area (Å²) >= 11 is 5.63. The lowest BCUT2D eigenvalue weighted by Gasteiger charge is -2.15. The highest BCUT2D eigenvalue weighted by Gasteiger charge is 2.25. The van der Waals surface area contributed by atoms with Crippen LogP contribution in [0.25, 0.3) is 0 Å². The molecule has 0 saturated heterocycles. The van der Waals surface area contributed by atoms with Crippen molar-refractivity contribution in [2.75, 3.05) is 0 Å². The van der Waals surface area contributed by atoms with Crippen LogP contribution in [0.1, 0.15) is 24.8 Å². The van der Waals surface area contributed by atoms with Gasteiger partial charge in [-0.1, -0.05) is 30.5 Å². The van der Waals surface area contributed by atoms with Crippen molar-refractivity contribution in [3.8, 4) is 0 Å². The second kappa shape index (κ2) is 5.13. The molecule has 1 unspecified atom stereocenters. The van der Waals surface area contributed by atoms with Gasteiger partial charge in [-0.15, -0.1) is 0 Å². The molecule has 0 radical (unpaired) electrons. The topological polar surface area (TPSA) is 38.0 Å². The molecular formula is C12H16ClFN2. The number of hydrazine groups is 1. The molecule has 2 rings (SSSR count). The van der Waals surface area contributed by atoms with Crippen LogP contribution in [0.15, 0.2) is 18.2 Å². The summed E-state index contributed by atoms with van der Waals surface area (Å²) < 4.78 is 13.2. The molecular weight excluding hydrogens is 227 g/mol. The molecule has 0 spiro atoms. The molecule has 2 nitrogen and oxygen atoms in total. The first-order valence-electron chi connectivity index (χ1n) is 5.59. The summed E-state index contributed by atoms with van der Waals surface area (Å²) in [7, 11) is 0. The zero-order chi connectivity index (χ0) is 11.5. The molecule has 1 aliphatic rings. The Morgan fingerprint density at radius 2 is 2.25 bits per heavy atom. The predicted molar refractivity (Wildman–Crippen MR) is 63.6 cm³/mol. The maximum absolute atomic E-state index is 13.2. The lowest BCUT2D eigenvalue weighted by Crippen LogP contribution is -2.37. The van der Waals surface area contributed by atoms with Crippen LogP contribution < -0.4 is 11.3 Å². The Kier molecular flexibility index (Phi) is 3.79. The molecule has 0 heterocycles. The van der Waals surface area contributed by atoms with E-state index in [0.29, 0.717) is 0 Å². The average molecular weight is 243 g/mol. The van der Waals surface area contributed by atoms with Crippen molar-refractivity contribution in [3.05, 3.63) is 34.6 Å². The van der Waals surface area contributed by atoms with E-state index >= 15 is 0 Å². The number of nitrogens with two attached hydrogens (primary N) is 1. The number of nitrogens with one attached hydrogen (secondary N) is 1. The van der Waals surface area contributed by atoms with Crippen LogP contribution >= 0.6 is 11.6 Å². The molecule has 1 saturated carbocycles. The zero-order valence-corrected chi connectivity index (χ0v) is 9.80. The number of hydrogen-bond donors (Lipinski definition) is 2. The third-order valence-corrected chi connectivity index (χ3v) is 3.32. The van der Waals surface area contributed by atoms with E-state index in [1.807, 2.05) is 6.07 Å². The van der Waals surface area contributed by atoms with E-state index in [0.717, 1.165) is 24.3 Å². The van der Waals surface area contributed by atoms with Gasteiger partial charge in [0.1, 0.15) is 5.82 Å². The highest BCUT2D eigenvalue weighted by Crippen LogP contribution is 2.34. The van der Waals surface area contributed by atoms with Crippen LogP contribution in [0.2, 0.25) is 5.02 Å². The summed E-state index contributed by atoms with van der Waals surface area (Å²) in [4.78, 5) is 0. The van der Waals surface area contributed by atoms with Crippen molar-refractivity contribution in [1.29, 1.82) is 0 Å². The largest absolute Gasteiger partial charge is 0.271 e. The van der Waals surface area contributed by atoms with E-state index in [1.54, 1.807) is 6.07 Å². The maximum atomic E-state index is 13.2. The Balaban J connectivity index is 1.97. The van der Waals surface area contributed by atoms with Crippen molar-refractivity contribution in [1.82, 2.24) is 5.43 Å². The first-order valence-corrected chi connectivity index (χ1v) is 5.97. The maximum Gasteiger partial charge on any atom is 0.142 e. The van der Waals surface area contributed by atoms with Crippen LogP contribution in [-0.4, -0.2) is 6.04 Å². The van der Waals surface area contributed by atoms with Crippen molar-refractivity contribution in [2.24, 2.45) is 11.8 Å². The minimum atomic E-state index is -0.360. The SMILES string of the molecule is NNC(Cc1ccc(Cl)c(F)c1)CC1CC1. The first kappa shape index (κ1) is 11.8. The van der Waals surface area contributed by atoms with Crippen LogP contribution in [0.5, 0.6) is 0 Å². The molecule has 0 bridgehead atoms. The quantitative estimate of drug-likeness (QED) is 0.615. The lowest BCUT2D eigenvalue weighted by molar-refractivity contribution is 0.465. The summed E-state index contributed by atoms with van der Waals surface area (Å²) in [5, 5.41) is 0.170. The van der Waals surface area contributed by atoms with Gasteiger partial charge < -0.3 is 0 Å². The molecule has 3 N–H and O–H groups in total. The first-order chi connectivity index (χ1) is 7.69. The van der Waals surface area contributed by atoms with Gasteiger partial charge in [0.15, 0.2) is 0 Å². The Labute approximate surface area is 99.9 Å². The van der Waals surface area contributed by atoms with E-state index in [2.05, 4.69) is 5.43 Å². The lowest BCUT2D eigenvalue weighted by atomic mass is 10.0. The predicted octanol–water partition coefficient (Wildman–Crippen LogP) is 2.65. The van der Waals surface area contributed by atoms with Gasteiger partial charge in [-0.2, -0.15) is 0 Å². The minimum absolute atomic E-state index is 0.170. The summed E-state index contributed by atoms with van der Waals surface area (Å²) in [5.74, 6) is 5.94. The van der Waals surface area contributed by atoms with E-state index in [9.17, 15) is 4.39 Å². The highest BCUT2D eigenvalue weighted by atomic mass is 35.5. The molecule has 1 aliphatic carbocycles. The summed E-state index contributed by atoms with van der Waals surface area (Å²) in [6.45, 7) is 0. The monoisotopic (exact) mass is 242 g/mol. The highest BCUT2D eigenvalue weighted by molar-refractivity contribution is 6.30. The van der Waals surface area contributed by atoms with E-state index < -0.39 is 0 Å². The van der Waals surface area contributed by atoms with E-state index in [-0.39, 0.29) is 16.9 Å². The van der Waals surface area contributed by atoms with Crippen molar-refractivity contribution in [2.45, 2.75) is 31.7 Å². The third-order valence-electron chi connectivity index (χ3n) is 3.02. The van der Waals surface area contributed by atoms with Crippen LogP contribution in [0.3, 0.4) is 0 Å². The fourth-order valence-corrected chi connectivity index (χ4v) is 2.03. The standard InChI is InChI=1S/C12H16ClFN2/c13-11-4-3-9(7-12(11)14)6-10(16-15)5-8-1-2-8/h3-4,7-8,10,16H,1-2,5-6,15H2. The number of benzene rings is 1. The fraction of sp³-hybridized carbons (Fsp3) is 0.500. The Morgan fingerprint density at radius 3 is 2.81 bits per heavy atom. The minimum Gasteiger partial charge on any atom is -0.271 e. The van der Waals surface area contributed by atoms with Gasteiger partial charge in [0, 0.05) is 6.04 Å². The summed E-state index contributed by atoms with van der Waals surface area (Å²) in [6.07, 6.45) is 4.42. The molecule has 16 heavy (non-hydrogen) atoms. The van der Waals surface area contributed by atoms with E-state index in [1.165, 1.54) is 18.9 Å². The fourth-order valence-electron chi connectivity index (χ4n) is 1.92. The normalized spacial score (nSPS) is 17.4. The summed E-state index contributed by atoms with van der Waals surface area (Å²) in [6, 6.07) is 5.16. The number of rotatable bonds is 5. The number of hydrogen-bond acceptors (Lipinski definition) is 2. The molecule has 1 aromatic rings. The van der Waals surface area contributed by atoms with E-state index in [4.69, 9.17) is 17.4 Å². The van der Waals surface area contributed by atoms with Crippen molar-refractivity contribution in [3.63, 3.8) is 0 Å². The molecule has 1 aromatic carbocycles. The smallest absolute Gasteiger partial charge is 0.142 e. The van der Waals surface area contributed by atoms with Crippen LogP contribution in [-0.2, 0) is 6.42 Å². The molecule has 88 valence electrons. The third kappa shape index (κ3) is 3.17. The van der Waals surface area contributed by atoms with Gasteiger partial charge in [0.2, 0.25) is 0 Å². The van der Waals surface area contributed by atoms with Gasteiger partial charge in [0.05, 0.1) is 5.02 Å². The number of halogens is 2. The van der Waals surface area contributed by atoms with Crippen LogP contribution in [0.4, 0.5) is 4.39 Å². The summed E-state index contributed by atoms with van der Waals surface area (Å²) in [5.41, 5.74) is 3.74. The second-order valence-corrected chi connectivity index (χ2v) is 4.90. The molecule has 0 aromatic heterocycles. The Bertz CT molecular complexity index is 366. The zero-order valence-electron chi connectivity index (χ0n) is 9.05. The molecule has 0 amide bonds. The van der Waals surface area contributed by atoms with Gasteiger partial charge >= 0.3 is 0 Å². The van der Waals surface area contributed by atoms with Gasteiger partial charge in [-0.25, -0.2) is 4.39 Å².